The Morgan fingerprint density at radius 2 is 2.22 bits per heavy atom. The molecule has 1 fully saturated rings. The van der Waals surface area contributed by atoms with Gasteiger partial charge in [-0.05, 0) is 49.4 Å². The Morgan fingerprint density at radius 3 is 2.85 bits per heavy atom. The Morgan fingerprint density at radius 1 is 1.44 bits per heavy atom. The van der Waals surface area contributed by atoms with E-state index < -0.39 is 12.7 Å². The number of hydrogen-bond acceptors (Lipinski definition) is 3. The van der Waals surface area contributed by atoms with E-state index in [1.54, 1.807) is 20.2 Å². The number of nitrogens with one attached hydrogen (secondary N) is 1. The van der Waals surface area contributed by atoms with Crippen molar-refractivity contribution in [2.24, 2.45) is 10.9 Å². The van der Waals surface area contributed by atoms with Crippen LogP contribution in [0.25, 0.3) is 0 Å². The van der Waals surface area contributed by atoms with E-state index in [1.807, 2.05) is 19.2 Å². The highest BCUT2D eigenvalue weighted by Gasteiger charge is 2.32. The minimum Gasteiger partial charge on any atom is -0.356 e. The van der Waals surface area contributed by atoms with Crippen LogP contribution in [-0.2, 0) is 6.42 Å². The van der Waals surface area contributed by atoms with Crippen LogP contribution in [-0.4, -0.2) is 73.2 Å². The average molecular weight is 385 g/mol. The molecule has 0 saturated carbocycles. The van der Waals surface area contributed by atoms with E-state index in [4.69, 9.17) is 0 Å². The number of aliphatic imine (C=N–C) groups is 1. The molecule has 152 valence electrons. The summed E-state index contributed by atoms with van der Waals surface area (Å²) in [6.07, 6.45) is 1.27. The highest BCUT2D eigenvalue weighted by Crippen LogP contribution is 2.21. The molecule has 1 aliphatic heterocycles. The highest BCUT2D eigenvalue weighted by atomic mass is 19.4. The van der Waals surface area contributed by atoms with Crippen LogP contribution in [0.2, 0.25) is 0 Å². The van der Waals surface area contributed by atoms with Gasteiger partial charge in [0.2, 0.25) is 0 Å². The van der Waals surface area contributed by atoms with Crippen molar-refractivity contribution in [3.8, 4) is 0 Å². The number of aryl methyl sites for hydroxylation is 1. The van der Waals surface area contributed by atoms with Gasteiger partial charge in [0.05, 0.1) is 6.54 Å². The zero-order valence-electron chi connectivity index (χ0n) is 16.4. The van der Waals surface area contributed by atoms with Crippen LogP contribution in [0.3, 0.4) is 0 Å². The lowest BCUT2D eigenvalue weighted by Gasteiger charge is -2.26. The third kappa shape index (κ3) is 7.01. The fraction of sp³-hybridized carbons (Fsp3) is 0.684. The van der Waals surface area contributed by atoms with E-state index in [2.05, 4.69) is 20.2 Å². The van der Waals surface area contributed by atoms with Crippen LogP contribution in [0.4, 0.5) is 13.2 Å². The number of guanidine groups is 1. The molecule has 0 radical (unpaired) electrons. The third-order valence-corrected chi connectivity index (χ3v) is 4.98. The molecule has 0 spiro atoms. The molecular weight excluding hydrogens is 355 g/mol. The van der Waals surface area contributed by atoms with Crippen molar-refractivity contribution in [1.29, 1.82) is 0 Å². The van der Waals surface area contributed by atoms with Gasteiger partial charge in [0, 0.05) is 45.6 Å². The zero-order chi connectivity index (χ0) is 19.9. The molecular formula is C19H30F3N5. The van der Waals surface area contributed by atoms with Gasteiger partial charge in [-0.25, -0.2) is 0 Å². The number of likely N-dealkylation sites (tertiary alicyclic amines) is 1. The van der Waals surface area contributed by atoms with Crippen LogP contribution in [0.1, 0.15) is 24.5 Å². The largest absolute Gasteiger partial charge is 0.401 e. The normalized spacial score (nSPS) is 18.4. The van der Waals surface area contributed by atoms with E-state index in [9.17, 15) is 13.2 Å². The number of nitrogens with zero attached hydrogens (tertiary/aromatic N) is 4. The molecule has 1 aromatic rings. The Balaban J connectivity index is 1.80. The minimum atomic E-state index is -4.14. The van der Waals surface area contributed by atoms with E-state index in [1.165, 1.54) is 16.0 Å². The van der Waals surface area contributed by atoms with E-state index in [0.717, 1.165) is 38.4 Å². The monoisotopic (exact) mass is 385 g/mol. The van der Waals surface area contributed by atoms with E-state index in [0.29, 0.717) is 13.1 Å². The van der Waals surface area contributed by atoms with Gasteiger partial charge in [0.25, 0.3) is 0 Å². The number of hydrogen-bond donors (Lipinski definition) is 1. The fourth-order valence-electron chi connectivity index (χ4n) is 3.52. The van der Waals surface area contributed by atoms with Gasteiger partial charge in [-0.3, -0.25) is 14.9 Å². The number of alkyl halides is 3. The van der Waals surface area contributed by atoms with Crippen LogP contribution >= 0.6 is 0 Å². The van der Waals surface area contributed by atoms with Gasteiger partial charge >= 0.3 is 6.18 Å². The number of pyridine rings is 1. The van der Waals surface area contributed by atoms with Gasteiger partial charge in [-0.2, -0.15) is 13.2 Å². The number of rotatable bonds is 7. The predicted molar refractivity (Wildman–Crippen MR) is 102 cm³/mol. The van der Waals surface area contributed by atoms with Crippen LogP contribution in [0.15, 0.2) is 23.5 Å². The quantitative estimate of drug-likeness (QED) is 0.579. The lowest BCUT2D eigenvalue weighted by atomic mass is 10.1. The van der Waals surface area contributed by atoms with Crippen molar-refractivity contribution in [3.63, 3.8) is 0 Å². The average Bonchev–Trinajstić information content (AvgIpc) is 3.06. The van der Waals surface area contributed by atoms with Gasteiger partial charge in [0.1, 0.15) is 0 Å². The molecule has 2 heterocycles. The van der Waals surface area contributed by atoms with Crippen molar-refractivity contribution in [1.82, 2.24) is 20.1 Å². The van der Waals surface area contributed by atoms with Crippen LogP contribution in [0, 0.1) is 12.8 Å². The maximum Gasteiger partial charge on any atom is 0.401 e. The summed E-state index contributed by atoms with van der Waals surface area (Å²) in [6.45, 7) is 6.19. The second kappa shape index (κ2) is 9.92. The SMILES string of the molecule is CCN(CC1CCN(C(=NC)NCCc2ccncc2C)C1)CC(F)(F)F. The molecule has 0 aliphatic carbocycles. The van der Waals surface area contributed by atoms with Crippen molar-refractivity contribution in [2.45, 2.75) is 32.9 Å². The number of aromatic nitrogens is 1. The standard InChI is InChI=1S/C19H30F3N5/c1-4-26(14-19(20,21)22)12-16-7-10-27(13-16)18(23-3)25-9-6-17-5-8-24-11-15(17)2/h5,8,11,16H,4,6-7,9-10,12-14H2,1-3H3,(H,23,25). The second-order valence-corrected chi connectivity index (χ2v) is 7.07. The Labute approximate surface area is 159 Å². The summed E-state index contributed by atoms with van der Waals surface area (Å²) in [7, 11) is 1.75. The Hall–Kier alpha value is -1.83. The van der Waals surface area contributed by atoms with Gasteiger partial charge in [0.15, 0.2) is 5.96 Å². The van der Waals surface area contributed by atoms with Crippen molar-refractivity contribution in [3.05, 3.63) is 29.6 Å². The summed E-state index contributed by atoms with van der Waals surface area (Å²) < 4.78 is 37.9. The Bertz CT molecular complexity index is 618. The second-order valence-electron chi connectivity index (χ2n) is 7.07. The van der Waals surface area contributed by atoms with Crippen molar-refractivity contribution < 1.29 is 13.2 Å². The fourth-order valence-corrected chi connectivity index (χ4v) is 3.52. The first-order valence-electron chi connectivity index (χ1n) is 9.46. The van der Waals surface area contributed by atoms with Gasteiger partial charge in [-0.15, -0.1) is 0 Å². The first-order chi connectivity index (χ1) is 12.8. The van der Waals surface area contributed by atoms with Crippen molar-refractivity contribution >= 4 is 5.96 Å². The molecule has 1 aliphatic rings. The molecule has 0 bridgehead atoms. The summed E-state index contributed by atoms with van der Waals surface area (Å²) >= 11 is 0. The molecule has 1 N–H and O–H groups in total. The minimum absolute atomic E-state index is 0.230. The first kappa shape index (κ1) is 21.5. The topological polar surface area (TPSA) is 43.8 Å². The molecule has 0 aromatic carbocycles. The van der Waals surface area contributed by atoms with Crippen molar-refractivity contribution in [2.75, 3.05) is 46.3 Å². The predicted octanol–water partition coefficient (Wildman–Crippen LogP) is 2.71. The van der Waals surface area contributed by atoms with Crippen LogP contribution in [0.5, 0.6) is 0 Å². The third-order valence-electron chi connectivity index (χ3n) is 4.98. The molecule has 5 nitrogen and oxygen atoms in total. The van der Waals surface area contributed by atoms with E-state index >= 15 is 0 Å². The molecule has 8 heteroatoms. The summed E-state index contributed by atoms with van der Waals surface area (Å²) in [5.41, 5.74) is 2.41. The summed E-state index contributed by atoms with van der Waals surface area (Å²) in [5, 5.41) is 3.38. The molecule has 1 saturated heterocycles. The summed E-state index contributed by atoms with van der Waals surface area (Å²) in [6, 6.07) is 2.02. The van der Waals surface area contributed by atoms with E-state index in [-0.39, 0.29) is 5.92 Å². The molecule has 2 rings (SSSR count). The molecule has 27 heavy (non-hydrogen) atoms. The van der Waals surface area contributed by atoms with Gasteiger partial charge in [-0.1, -0.05) is 6.92 Å². The van der Waals surface area contributed by atoms with Crippen LogP contribution < -0.4 is 5.32 Å². The maximum atomic E-state index is 12.6. The Kier molecular flexibility index (Phi) is 7.89. The first-order valence-corrected chi connectivity index (χ1v) is 9.46. The molecule has 0 amide bonds. The lowest BCUT2D eigenvalue weighted by molar-refractivity contribution is -0.146. The summed E-state index contributed by atoms with van der Waals surface area (Å²) in [5.74, 6) is 1.05. The number of halogens is 3. The molecule has 1 atom stereocenters. The maximum absolute atomic E-state index is 12.6. The highest BCUT2D eigenvalue weighted by molar-refractivity contribution is 5.80. The molecule has 1 aromatic heterocycles. The smallest absolute Gasteiger partial charge is 0.356 e. The summed E-state index contributed by atoms with van der Waals surface area (Å²) in [4.78, 5) is 12.1. The molecule has 1 unspecified atom stereocenters. The zero-order valence-corrected chi connectivity index (χ0v) is 16.4. The lowest BCUT2D eigenvalue weighted by Crippen LogP contribution is -2.42. The van der Waals surface area contributed by atoms with Gasteiger partial charge < -0.3 is 10.2 Å².